The van der Waals surface area contributed by atoms with Crippen LogP contribution in [0.25, 0.3) is 0 Å². The van der Waals surface area contributed by atoms with Crippen LogP contribution in [0.4, 0.5) is 0 Å². The van der Waals surface area contributed by atoms with Crippen molar-refractivity contribution in [2.75, 3.05) is 0 Å². The van der Waals surface area contributed by atoms with Crippen molar-refractivity contribution in [2.24, 2.45) is 5.92 Å². The van der Waals surface area contributed by atoms with E-state index in [0.717, 1.165) is 25.7 Å². The van der Waals surface area contributed by atoms with E-state index in [9.17, 15) is 14.7 Å². The molecule has 1 aliphatic carbocycles. The number of carbonyl (C=O) groups excluding carboxylic acids is 1. The Hall–Kier alpha value is -1.69. The normalized spacial score (nSPS) is 28.2. The molecule has 2 fully saturated rings. The minimum Gasteiger partial charge on any atom is -0.480 e. The standard InChI is InChI=1S/C14H16ClN3O3/c15-12-6-5-9(16-17-12)13(19)18-10-4-2-1-3-8(10)7-11(18)14(20)21/h5-6,8,10-11H,1-4,7H2,(H,20,21). The van der Waals surface area contributed by atoms with Crippen LogP contribution in [-0.4, -0.2) is 44.2 Å². The molecule has 1 N–H and O–H groups in total. The molecular formula is C14H16ClN3O3. The Balaban J connectivity index is 1.90. The van der Waals surface area contributed by atoms with Gasteiger partial charge in [-0.2, -0.15) is 0 Å². The fraction of sp³-hybridized carbons (Fsp3) is 0.571. The topological polar surface area (TPSA) is 83.4 Å². The second-order valence-electron chi connectivity index (χ2n) is 5.66. The minimum absolute atomic E-state index is 0.00447. The van der Waals surface area contributed by atoms with Crippen molar-refractivity contribution in [3.63, 3.8) is 0 Å². The number of carboxylic acids is 1. The fourth-order valence-corrected chi connectivity index (χ4v) is 3.64. The van der Waals surface area contributed by atoms with Gasteiger partial charge in [0.25, 0.3) is 5.91 Å². The number of likely N-dealkylation sites (tertiary alicyclic amines) is 1. The number of aliphatic carboxylic acids is 1. The number of carboxylic acid groups (broad SMARTS) is 1. The number of amides is 1. The Bertz CT molecular complexity index is 563. The van der Waals surface area contributed by atoms with Crippen LogP contribution in [0.1, 0.15) is 42.6 Å². The number of halogens is 1. The van der Waals surface area contributed by atoms with E-state index in [1.807, 2.05) is 0 Å². The Labute approximate surface area is 127 Å². The molecule has 3 unspecified atom stereocenters. The molecule has 3 rings (SSSR count). The maximum absolute atomic E-state index is 12.6. The van der Waals surface area contributed by atoms with E-state index in [1.54, 1.807) is 0 Å². The average molecular weight is 310 g/mol. The summed E-state index contributed by atoms with van der Waals surface area (Å²) in [6.07, 6.45) is 4.53. The molecule has 1 amide bonds. The number of hydrogen-bond donors (Lipinski definition) is 1. The summed E-state index contributed by atoms with van der Waals surface area (Å²) in [6, 6.07) is 2.23. The van der Waals surface area contributed by atoms with Gasteiger partial charge in [0, 0.05) is 6.04 Å². The zero-order valence-electron chi connectivity index (χ0n) is 11.4. The zero-order chi connectivity index (χ0) is 15.0. The molecule has 0 bridgehead atoms. The largest absolute Gasteiger partial charge is 0.480 e. The van der Waals surface area contributed by atoms with Gasteiger partial charge in [-0.1, -0.05) is 24.4 Å². The lowest BCUT2D eigenvalue weighted by Crippen LogP contribution is -2.46. The van der Waals surface area contributed by atoms with Crippen molar-refractivity contribution in [1.29, 1.82) is 0 Å². The highest BCUT2D eigenvalue weighted by molar-refractivity contribution is 6.29. The van der Waals surface area contributed by atoms with Crippen LogP contribution in [-0.2, 0) is 4.79 Å². The van der Waals surface area contributed by atoms with Crippen LogP contribution in [0, 0.1) is 5.92 Å². The van der Waals surface area contributed by atoms with Gasteiger partial charge in [0.1, 0.15) is 6.04 Å². The molecule has 2 aliphatic rings. The predicted molar refractivity (Wildman–Crippen MR) is 75.0 cm³/mol. The lowest BCUT2D eigenvalue weighted by molar-refractivity contribution is -0.141. The third-order valence-corrected chi connectivity index (χ3v) is 4.66. The number of fused-ring (bicyclic) bond motifs is 1. The van der Waals surface area contributed by atoms with Crippen molar-refractivity contribution in [3.8, 4) is 0 Å². The molecule has 21 heavy (non-hydrogen) atoms. The smallest absolute Gasteiger partial charge is 0.326 e. The van der Waals surface area contributed by atoms with E-state index in [-0.39, 0.29) is 28.7 Å². The van der Waals surface area contributed by atoms with E-state index in [2.05, 4.69) is 10.2 Å². The molecule has 0 spiro atoms. The van der Waals surface area contributed by atoms with E-state index >= 15 is 0 Å². The van der Waals surface area contributed by atoms with Crippen LogP contribution >= 0.6 is 11.6 Å². The molecule has 1 saturated heterocycles. The zero-order valence-corrected chi connectivity index (χ0v) is 12.2. The van der Waals surface area contributed by atoms with Gasteiger partial charge in [-0.25, -0.2) is 4.79 Å². The second kappa shape index (κ2) is 5.60. The Kier molecular flexibility index (Phi) is 3.80. The molecule has 2 heterocycles. The monoisotopic (exact) mass is 309 g/mol. The van der Waals surface area contributed by atoms with E-state index in [1.165, 1.54) is 17.0 Å². The molecule has 6 nitrogen and oxygen atoms in total. The lowest BCUT2D eigenvalue weighted by atomic mass is 9.84. The first kappa shape index (κ1) is 14.3. The number of hydrogen-bond acceptors (Lipinski definition) is 4. The summed E-state index contributed by atoms with van der Waals surface area (Å²) in [7, 11) is 0. The summed E-state index contributed by atoms with van der Waals surface area (Å²) in [6.45, 7) is 0. The molecule has 7 heteroatoms. The molecule has 0 aromatic carbocycles. The third-order valence-electron chi connectivity index (χ3n) is 4.46. The molecule has 3 atom stereocenters. The Morgan fingerprint density at radius 3 is 2.67 bits per heavy atom. The quantitative estimate of drug-likeness (QED) is 0.903. The van der Waals surface area contributed by atoms with Gasteiger partial charge in [0.2, 0.25) is 0 Å². The first-order valence-electron chi connectivity index (χ1n) is 7.12. The number of carbonyl (C=O) groups is 2. The van der Waals surface area contributed by atoms with Gasteiger partial charge in [-0.15, -0.1) is 10.2 Å². The Morgan fingerprint density at radius 2 is 2.00 bits per heavy atom. The summed E-state index contributed by atoms with van der Waals surface area (Å²) >= 11 is 5.67. The predicted octanol–water partition coefficient (Wildman–Crippen LogP) is 1.99. The van der Waals surface area contributed by atoms with Crippen molar-refractivity contribution < 1.29 is 14.7 Å². The lowest BCUT2D eigenvalue weighted by Gasteiger charge is -2.32. The first-order chi connectivity index (χ1) is 10.1. The van der Waals surface area contributed by atoms with Crippen LogP contribution in [0.2, 0.25) is 5.15 Å². The summed E-state index contributed by atoms with van der Waals surface area (Å²) < 4.78 is 0. The first-order valence-corrected chi connectivity index (χ1v) is 7.50. The van der Waals surface area contributed by atoms with Crippen molar-refractivity contribution >= 4 is 23.5 Å². The molecular weight excluding hydrogens is 294 g/mol. The van der Waals surface area contributed by atoms with E-state index < -0.39 is 12.0 Å². The highest BCUT2D eigenvalue weighted by Crippen LogP contribution is 2.40. The average Bonchev–Trinajstić information content (AvgIpc) is 2.87. The summed E-state index contributed by atoms with van der Waals surface area (Å²) in [5.41, 5.74) is 0.150. The van der Waals surface area contributed by atoms with Crippen LogP contribution in [0.5, 0.6) is 0 Å². The van der Waals surface area contributed by atoms with Gasteiger partial charge in [0.15, 0.2) is 10.8 Å². The van der Waals surface area contributed by atoms with Crippen molar-refractivity contribution in [2.45, 2.75) is 44.2 Å². The van der Waals surface area contributed by atoms with E-state index in [0.29, 0.717) is 6.42 Å². The molecule has 1 saturated carbocycles. The molecule has 1 aromatic heterocycles. The fourth-order valence-electron chi connectivity index (χ4n) is 3.53. The van der Waals surface area contributed by atoms with Crippen molar-refractivity contribution in [1.82, 2.24) is 15.1 Å². The van der Waals surface area contributed by atoms with Gasteiger partial charge < -0.3 is 10.0 Å². The summed E-state index contributed by atoms with van der Waals surface area (Å²) in [4.78, 5) is 25.6. The molecule has 112 valence electrons. The molecule has 0 radical (unpaired) electrons. The van der Waals surface area contributed by atoms with Gasteiger partial charge in [0.05, 0.1) is 0 Å². The third kappa shape index (κ3) is 2.60. The molecule has 1 aromatic rings. The summed E-state index contributed by atoms with van der Waals surface area (Å²) in [5.74, 6) is -1.02. The van der Waals surface area contributed by atoms with Crippen molar-refractivity contribution in [3.05, 3.63) is 23.0 Å². The number of aromatic nitrogens is 2. The number of nitrogens with zero attached hydrogens (tertiary/aromatic N) is 3. The Morgan fingerprint density at radius 1 is 1.24 bits per heavy atom. The van der Waals surface area contributed by atoms with Gasteiger partial charge in [-0.3, -0.25) is 4.79 Å². The van der Waals surface area contributed by atoms with Gasteiger partial charge in [-0.05, 0) is 37.3 Å². The second-order valence-corrected chi connectivity index (χ2v) is 6.04. The van der Waals surface area contributed by atoms with Gasteiger partial charge >= 0.3 is 5.97 Å². The highest BCUT2D eigenvalue weighted by Gasteiger charge is 2.48. The SMILES string of the molecule is O=C(O)C1CC2CCCCC2N1C(=O)c1ccc(Cl)nn1. The molecule has 1 aliphatic heterocycles. The van der Waals surface area contributed by atoms with Crippen LogP contribution in [0.3, 0.4) is 0 Å². The summed E-state index contributed by atoms with van der Waals surface area (Å²) in [5, 5.41) is 17.1. The highest BCUT2D eigenvalue weighted by atomic mass is 35.5. The van der Waals surface area contributed by atoms with Crippen LogP contribution < -0.4 is 0 Å². The minimum atomic E-state index is -0.945. The maximum Gasteiger partial charge on any atom is 0.326 e. The van der Waals surface area contributed by atoms with E-state index in [4.69, 9.17) is 11.6 Å². The number of rotatable bonds is 2. The van der Waals surface area contributed by atoms with Crippen LogP contribution in [0.15, 0.2) is 12.1 Å². The maximum atomic E-state index is 12.6.